The van der Waals surface area contributed by atoms with Crippen LogP contribution in [0, 0.1) is 0 Å². The summed E-state index contributed by atoms with van der Waals surface area (Å²) in [5.74, 6) is 0.0228. The van der Waals surface area contributed by atoms with Gasteiger partial charge in [-0.1, -0.05) is 84.9 Å². The lowest BCUT2D eigenvalue weighted by Gasteiger charge is -2.26. The van der Waals surface area contributed by atoms with Crippen LogP contribution in [0.2, 0.25) is 0 Å². The Labute approximate surface area is 220 Å². The summed E-state index contributed by atoms with van der Waals surface area (Å²) in [5, 5.41) is 5.57. The Balaban J connectivity index is 1.37. The van der Waals surface area contributed by atoms with Crippen molar-refractivity contribution in [2.75, 3.05) is 5.32 Å². The van der Waals surface area contributed by atoms with E-state index in [2.05, 4.69) is 21.7 Å². The number of anilines is 1. The van der Waals surface area contributed by atoms with E-state index in [1.165, 1.54) is 16.3 Å². The topological polar surface area (TPSA) is 102 Å². The van der Waals surface area contributed by atoms with E-state index in [9.17, 15) is 14.4 Å². The van der Waals surface area contributed by atoms with Crippen LogP contribution in [0.5, 0.6) is 0 Å². The predicted octanol–water partition coefficient (Wildman–Crippen LogP) is 4.85. The fraction of sp³-hybridized carbons (Fsp3) is 0.200. The lowest BCUT2D eigenvalue weighted by atomic mass is 9.88. The number of benzene rings is 3. The van der Waals surface area contributed by atoms with E-state index in [1.54, 1.807) is 0 Å². The molecular weight excluding hydrogens is 480 g/mol. The second-order valence-corrected chi connectivity index (χ2v) is 9.15. The van der Waals surface area contributed by atoms with Gasteiger partial charge in [0.05, 0.1) is 12.2 Å². The zero-order valence-electron chi connectivity index (χ0n) is 20.8. The molecule has 3 aromatic carbocycles. The fourth-order valence-electron chi connectivity index (χ4n) is 4.70. The molecule has 0 radical (unpaired) electrons. The van der Waals surface area contributed by atoms with E-state index in [0.29, 0.717) is 11.4 Å². The molecular formula is C30H28N4O4. The van der Waals surface area contributed by atoms with Gasteiger partial charge < -0.3 is 10.1 Å². The van der Waals surface area contributed by atoms with E-state index in [1.807, 2.05) is 78.9 Å². The second-order valence-electron chi connectivity index (χ2n) is 9.15. The first-order valence-electron chi connectivity index (χ1n) is 12.6. The van der Waals surface area contributed by atoms with E-state index < -0.39 is 11.7 Å². The number of carbonyl (C=O) groups excluding carboxylic acids is 2. The minimum absolute atomic E-state index is 0.0572. The maximum atomic E-state index is 13.5. The summed E-state index contributed by atoms with van der Waals surface area (Å²) in [6, 6.07) is 26.4. The Morgan fingerprint density at radius 3 is 2.45 bits per heavy atom. The highest BCUT2D eigenvalue weighted by molar-refractivity contribution is 5.84. The first-order chi connectivity index (χ1) is 18.6. The lowest BCUT2D eigenvalue weighted by molar-refractivity contribution is -0.122. The van der Waals surface area contributed by atoms with Crippen molar-refractivity contribution < 1.29 is 14.3 Å². The molecule has 1 aliphatic rings. The lowest BCUT2D eigenvalue weighted by Crippen LogP contribution is -2.37. The average molecular weight is 509 g/mol. The maximum absolute atomic E-state index is 13.5. The number of fused-ring (bicyclic) bond motifs is 1. The Kier molecular flexibility index (Phi) is 7.59. The Morgan fingerprint density at radius 2 is 1.66 bits per heavy atom. The molecule has 1 aliphatic carbocycles. The van der Waals surface area contributed by atoms with Crippen LogP contribution in [-0.4, -0.2) is 21.6 Å². The molecule has 1 aromatic heterocycles. The summed E-state index contributed by atoms with van der Waals surface area (Å²) < 4.78 is 6.54. The molecule has 0 fully saturated rings. The minimum Gasteiger partial charge on any atom is -0.444 e. The molecule has 0 unspecified atom stereocenters. The second kappa shape index (κ2) is 11.6. The Morgan fingerprint density at radius 1 is 0.947 bits per heavy atom. The first kappa shape index (κ1) is 25.0. The molecule has 192 valence electrons. The van der Waals surface area contributed by atoms with Crippen molar-refractivity contribution in [1.29, 1.82) is 0 Å². The SMILES string of the molecule is O=C(Cn1c(-c2ccccc2)ncc(NC(=O)OCc2ccccc2)c1=O)N[C@@H]1CCCc2ccccc21. The number of hydrogen-bond donors (Lipinski definition) is 2. The number of carbonyl (C=O) groups is 2. The number of hydrogen-bond acceptors (Lipinski definition) is 5. The molecule has 2 amide bonds. The number of aromatic nitrogens is 2. The molecule has 0 spiro atoms. The molecule has 1 atom stereocenters. The molecule has 2 N–H and O–H groups in total. The highest BCUT2D eigenvalue weighted by Crippen LogP contribution is 2.29. The first-order valence-corrected chi connectivity index (χ1v) is 12.6. The van der Waals surface area contributed by atoms with Crippen molar-refractivity contribution >= 4 is 17.7 Å². The molecule has 0 bridgehead atoms. The molecule has 1 heterocycles. The van der Waals surface area contributed by atoms with Crippen molar-refractivity contribution in [2.45, 2.75) is 38.5 Å². The molecule has 8 nitrogen and oxygen atoms in total. The van der Waals surface area contributed by atoms with Crippen LogP contribution in [0.1, 0.15) is 35.6 Å². The van der Waals surface area contributed by atoms with E-state index >= 15 is 0 Å². The normalized spacial score (nSPS) is 14.3. The van der Waals surface area contributed by atoms with Gasteiger partial charge in [-0.15, -0.1) is 0 Å². The van der Waals surface area contributed by atoms with Gasteiger partial charge in [0.15, 0.2) is 0 Å². The van der Waals surface area contributed by atoms with Crippen LogP contribution < -0.4 is 16.2 Å². The van der Waals surface area contributed by atoms with Crippen LogP contribution in [0.15, 0.2) is 95.9 Å². The van der Waals surface area contributed by atoms with Gasteiger partial charge in [-0.2, -0.15) is 0 Å². The van der Waals surface area contributed by atoms with Gasteiger partial charge in [0, 0.05) is 5.56 Å². The quantitative estimate of drug-likeness (QED) is 0.372. The van der Waals surface area contributed by atoms with Gasteiger partial charge in [-0.25, -0.2) is 9.78 Å². The third-order valence-corrected chi connectivity index (χ3v) is 6.53. The monoisotopic (exact) mass is 508 g/mol. The van der Waals surface area contributed by atoms with Crippen LogP contribution in [0.4, 0.5) is 10.5 Å². The van der Waals surface area contributed by atoms with Crippen LogP contribution in [0.3, 0.4) is 0 Å². The summed E-state index contributed by atoms with van der Waals surface area (Å²) in [6.45, 7) is -0.190. The number of nitrogens with zero attached hydrogens (tertiary/aromatic N) is 2. The Hall–Kier alpha value is -4.72. The molecule has 0 saturated carbocycles. The summed E-state index contributed by atoms with van der Waals surface area (Å²) in [4.78, 5) is 43.5. The number of nitrogens with one attached hydrogen (secondary N) is 2. The Bertz CT molecular complexity index is 1490. The molecule has 5 rings (SSSR count). The van der Waals surface area contributed by atoms with E-state index in [0.717, 1.165) is 30.4 Å². The largest absolute Gasteiger partial charge is 0.444 e. The zero-order valence-corrected chi connectivity index (χ0v) is 20.8. The minimum atomic E-state index is -0.782. The van der Waals surface area contributed by atoms with Crippen molar-refractivity contribution in [1.82, 2.24) is 14.9 Å². The van der Waals surface area contributed by atoms with Crippen LogP contribution in [-0.2, 0) is 29.1 Å². The molecule has 0 saturated heterocycles. The van der Waals surface area contributed by atoms with E-state index in [-0.39, 0.29) is 30.8 Å². The molecule has 8 heteroatoms. The van der Waals surface area contributed by atoms with Gasteiger partial charge in [0.25, 0.3) is 5.56 Å². The fourth-order valence-corrected chi connectivity index (χ4v) is 4.70. The van der Waals surface area contributed by atoms with E-state index in [4.69, 9.17) is 4.74 Å². The third kappa shape index (κ3) is 5.81. The van der Waals surface area contributed by atoms with Gasteiger partial charge >= 0.3 is 6.09 Å². The van der Waals surface area contributed by atoms with Crippen molar-refractivity contribution in [2.24, 2.45) is 0 Å². The van der Waals surface area contributed by atoms with Crippen molar-refractivity contribution in [3.8, 4) is 11.4 Å². The average Bonchev–Trinajstić information content (AvgIpc) is 2.95. The van der Waals surface area contributed by atoms with Crippen molar-refractivity contribution in [3.63, 3.8) is 0 Å². The summed E-state index contributed by atoms with van der Waals surface area (Å²) in [5.41, 5.74) is 3.22. The van der Waals surface area contributed by atoms with Gasteiger partial charge in [-0.05, 0) is 36.0 Å². The molecule has 0 aliphatic heterocycles. The highest BCUT2D eigenvalue weighted by atomic mass is 16.5. The standard InChI is InChI=1S/C30H28N4O4/c35-27(32-25-17-9-15-22-12-7-8-16-24(22)25)19-34-28(23-13-5-2-6-14-23)31-18-26(29(34)36)33-30(37)38-20-21-10-3-1-4-11-21/h1-8,10-14,16,18,25H,9,15,17,19-20H2,(H,32,35)(H,33,37)/t25-/m1/s1. The number of amides is 2. The third-order valence-electron chi connectivity index (χ3n) is 6.53. The molecule has 4 aromatic rings. The zero-order chi connectivity index (χ0) is 26.3. The van der Waals surface area contributed by atoms with Gasteiger partial charge in [0.2, 0.25) is 5.91 Å². The summed E-state index contributed by atoms with van der Waals surface area (Å²) >= 11 is 0. The number of rotatable bonds is 7. The van der Waals surface area contributed by atoms with Gasteiger partial charge in [0.1, 0.15) is 24.7 Å². The maximum Gasteiger partial charge on any atom is 0.412 e. The number of aryl methyl sites for hydroxylation is 1. The number of ether oxygens (including phenoxy) is 1. The van der Waals surface area contributed by atoms with Crippen LogP contribution >= 0.6 is 0 Å². The summed E-state index contributed by atoms with van der Waals surface area (Å²) in [7, 11) is 0. The molecule has 38 heavy (non-hydrogen) atoms. The highest BCUT2D eigenvalue weighted by Gasteiger charge is 2.23. The predicted molar refractivity (Wildman–Crippen MR) is 144 cm³/mol. The van der Waals surface area contributed by atoms with Gasteiger partial charge in [-0.3, -0.25) is 19.5 Å². The van der Waals surface area contributed by atoms with Crippen LogP contribution in [0.25, 0.3) is 11.4 Å². The smallest absolute Gasteiger partial charge is 0.412 e. The summed E-state index contributed by atoms with van der Waals surface area (Å²) in [6.07, 6.45) is 3.30. The van der Waals surface area contributed by atoms with Crippen molar-refractivity contribution in [3.05, 3.63) is 118 Å².